The number of benzene rings is 2. The lowest BCUT2D eigenvalue weighted by atomic mass is 10.1. The van der Waals surface area contributed by atoms with Gasteiger partial charge in [-0.3, -0.25) is 19.7 Å². The Morgan fingerprint density at radius 2 is 1.84 bits per heavy atom. The molecule has 1 fully saturated rings. The fraction of sp³-hybridized carbons (Fsp3) is 0.364. The highest BCUT2D eigenvalue weighted by atomic mass is 16.6. The Bertz CT molecular complexity index is 965. The van der Waals surface area contributed by atoms with Gasteiger partial charge in [-0.1, -0.05) is 18.2 Å². The number of nitrogens with zero attached hydrogens (tertiary/aromatic N) is 3. The van der Waals surface area contributed by atoms with Gasteiger partial charge in [-0.2, -0.15) is 0 Å². The first-order valence-electron chi connectivity index (χ1n) is 9.95. The van der Waals surface area contributed by atoms with Gasteiger partial charge in [-0.15, -0.1) is 0 Å². The maximum absolute atomic E-state index is 13.0. The summed E-state index contributed by atoms with van der Waals surface area (Å²) in [5.41, 5.74) is 0.493. The number of non-ortho nitro benzene ring substituents is 1. The molecule has 1 unspecified atom stereocenters. The van der Waals surface area contributed by atoms with Gasteiger partial charge in [0, 0.05) is 37.3 Å². The molecule has 0 N–H and O–H groups in total. The molecule has 2 aromatic rings. The van der Waals surface area contributed by atoms with Gasteiger partial charge >= 0.3 is 0 Å². The molecule has 0 radical (unpaired) electrons. The summed E-state index contributed by atoms with van der Waals surface area (Å²) in [6, 6.07) is 12.8. The zero-order chi connectivity index (χ0) is 22.5. The summed E-state index contributed by atoms with van der Waals surface area (Å²) in [6.07, 6.45) is -0.825. The summed E-state index contributed by atoms with van der Waals surface area (Å²) in [5.74, 6) is 0.152. The molecule has 9 nitrogen and oxygen atoms in total. The summed E-state index contributed by atoms with van der Waals surface area (Å²) < 4.78 is 10.9. The quantitative estimate of drug-likeness (QED) is 0.519. The van der Waals surface area contributed by atoms with Gasteiger partial charge in [0.1, 0.15) is 0 Å². The van der Waals surface area contributed by atoms with Crippen LogP contribution in [0.4, 0.5) is 5.69 Å². The number of nitro benzene ring substituents is 1. The van der Waals surface area contributed by atoms with E-state index >= 15 is 0 Å². The lowest BCUT2D eigenvalue weighted by Crippen LogP contribution is -2.57. The molecule has 3 rings (SSSR count). The summed E-state index contributed by atoms with van der Waals surface area (Å²) in [7, 11) is 1.38. The van der Waals surface area contributed by atoms with E-state index in [1.165, 1.54) is 25.3 Å². The van der Waals surface area contributed by atoms with Crippen LogP contribution in [0.1, 0.15) is 24.2 Å². The van der Waals surface area contributed by atoms with Gasteiger partial charge in [-0.05, 0) is 32.0 Å². The molecule has 0 aromatic heterocycles. The van der Waals surface area contributed by atoms with E-state index in [-0.39, 0.29) is 35.0 Å². The van der Waals surface area contributed by atoms with E-state index < -0.39 is 11.0 Å². The zero-order valence-corrected chi connectivity index (χ0v) is 17.7. The molecule has 0 aliphatic carbocycles. The maximum Gasteiger partial charge on any atom is 0.273 e. The highest BCUT2D eigenvalue weighted by molar-refractivity contribution is 5.94. The van der Waals surface area contributed by atoms with Crippen LogP contribution in [0.2, 0.25) is 0 Å². The van der Waals surface area contributed by atoms with Crippen LogP contribution < -0.4 is 9.47 Å². The van der Waals surface area contributed by atoms with Gasteiger partial charge in [0.25, 0.3) is 17.5 Å². The van der Waals surface area contributed by atoms with E-state index in [4.69, 9.17) is 9.47 Å². The predicted octanol–water partition coefficient (Wildman–Crippen LogP) is 2.74. The molecular weight excluding hydrogens is 402 g/mol. The normalized spacial score (nSPS) is 17.1. The summed E-state index contributed by atoms with van der Waals surface area (Å²) in [6.45, 7) is 4.76. The van der Waals surface area contributed by atoms with Gasteiger partial charge < -0.3 is 19.3 Å². The molecule has 9 heteroatoms. The van der Waals surface area contributed by atoms with Crippen LogP contribution in [-0.4, -0.2) is 65.4 Å². The number of amides is 2. The fourth-order valence-electron chi connectivity index (χ4n) is 3.57. The lowest BCUT2D eigenvalue weighted by molar-refractivity contribution is -0.385. The van der Waals surface area contributed by atoms with Crippen molar-refractivity contribution in [1.29, 1.82) is 0 Å². The van der Waals surface area contributed by atoms with Crippen molar-refractivity contribution in [2.24, 2.45) is 0 Å². The highest BCUT2D eigenvalue weighted by Gasteiger charge is 2.33. The van der Waals surface area contributed by atoms with E-state index in [1.807, 2.05) is 25.1 Å². The predicted molar refractivity (Wildman–Crippen MR) is 113 cm³/mol. The third-order valence-corrected chi connectivity index (χ3v) is 5.23. The third kappa shape index (κ3) is 4.93. The average molecular weight is 427 g/mol. The molecule has 31 heavy (non-hydrogen) atoms. The minimum atomic E-state index is -0.825. The van der Waals surface area contributed by atoms with Gasteiger partial charge in [-0.25, -0.2) is 0 Å². The number of rotatable bonds is 6. The van der Waals surface area contributed by atoms with Crippen LogP contribution in [0.25, 0.3) is 0 Å². The van der Waals surface area contributed by atoms with Gasteiger partial charge in [0.2, 0.25) is 0 Å². The molecule has 0 spiro atoms. The summed E-state index contributed by atoms with van der Waals surface area (Å²) >= 11 is 0. The second kappa shape index (κ2) is 9.46. The SMILES string of the molecule is COc1cc([N+](=O)[O-])ccc1OC(C)C(=O)N1CCN(C(=O)c2ccccc2)C[C@H]1C. The number of carbonyl (C=O) groups is 2. The Labute approximate surface area is 180 Å². The minimum absolute atomic E-state index is 0.0561. The van der Waals surface area contributed by atoms with Crippen LogP contribution >= 0.6 is 0 Å². The average Bonchev–Trinajstić information content (AvgIpc) is 2.78. The standard InChI is InChI=1S/C22H25N3O6/c1-15-14-23(22(27)17-7-5-4-6-8-17)11-12-24(15)21(26)16(2)31-19-10-9-18(25(28)29)13-20(19)30-3/h4-10,13,15-16H,11-12,14H2,1-3H3/t15-,16?/m1/s1. The van der Waals surface area contributed by atoms with Crippen molar-refractivity contribution < 1.29 is 24.0 Å². The second-order valence-corrected chi connectivity index (χ2v) is 7.35. The molecule has 1 heterocycles. The third-order valence-electron chi connectivity index (χ3n) is 5.23. The molecule has 164 valence electrons. The monoisotopic (exact) mass is 427 g/mol. The van der Waals surface area contributed by atoms with E-state index in [0.717, 1.165) is 0 Å². The van der Waals surface area contributed by atoms with E-state index in [9.17, 15) is 19.7 Å². The zero-order valence-electron chi connectivity index (χ0n) is 17.7. The van der Waals surface area contributed by atoms with Crippen molar-refractivity contribution >= 4 is 17.5 Å². The topological polar surface area (TPSA) is 102 Å². The summed E-state index contributed by atoms with van der Waals surface area (Å²) in [5, 5.41) is 10.9. The Morgan fingerprint density at radius 3 is 2.45 bits per heavy atom. The number of ether oxygens (including phenoxy) is 2. The van der Waals surface area contributed by atoms with Crippen LogP contribution in [0.5, 0.6) is 11.5 Å². The fourth-order valence-corrected chi connectivity index (χ4v) is 3.57. The molecule has 2 aromatic carbocycles. The molecule has 0 saturated carbocycles. The molecule has 1 saturated heterocycles. The Hall–Kier alpha value is -3.62. The number of hydrogen-bond donors (Lipinski definition) is 0. The van der Waals surface area contributed by atoms with Crippen LogP contribution in [0.15, 0.2) is 48.5 Å². The van der Waals surface area contributed by atoms with Crippen LogP contribution in [-0.2, 0) is 4.79 Å². The molecule has 1 aliphatic rings. The van der Waals surface area contributed by atoms with Crippen molar-refractivity contribution in [3.05, 3.63) is 64.2 Å². The minimum Gasteiger partial charge on any atom is -0.493 e. The number of carbonyl (C=O) groups excluding carboxylic acids is 2. The number of piperazine rings is 1. The van der Waals surface area contributed by atoms with Crippen LogP contribution in [0, 0.1) is 10.1 Å². The molecular formula is C22H25N3O6. The molecule has 2 amide bonds. The van der Waals surface area contributed by atoms with E-state index in [2.05, 4.69) is 0 Å². The van der Waals surface area contributed by atoms with Crippen molar-refractivity contribution in [3.63, 3.8) is 0 Å². The van der Waals surface area contributed by atoms with Gasteiger partial charge in [0.05, 0.1) is 18.1 Å². The van der Waals surface area contributed by atoms with Gasteiger partial charge in [0.15, 0.2) is 17.6 Å². The number of nitro groups is 1. The van der Waals surface area contributed by atoms with Crippen molar-refractivity contribution in [2.75, 3.05) is 26.7 Å². The number of hydrogen-bond acceptors (Lipinski definition) is 6. The lowest BCUT2D eigenvalue weighted by Gasteiger charge is -2.40. The smallest absolute Gasteiger partial charge is 0.273 e. The molecule has 1 aliphatic heterocycles. The van der Waals surface area contributed by atoms with Crippen molar-refractivity contribution in [1.82, 2.24) is 9.80 Å². The van der Waals surface area contributed by atoms with E-state index in [1.54, 1.807) is 28.9 Å². The first-order chi connectivity index (χ1) is 14.8. The largest absolute Gasteiger partial charge is 0.493 e. The molecule has 0 bridgehead atoms. The summed E-state index contributed by atoms with van der Waals surface area (Å²) in [4.78, 5) is 39.5. The maximum atomic E-state index is 13.0. The van der Waals surface area contributed by atoms with Crippen LogP contribution in [0.3, 0.4) is 0 Å². The second-order valence-electron chi connectivity index (χ2n) is 7.35. The Kier molecular flexibility index (Phi) is 6.74. The Balaban J connectivity index is 1.64. The number of methoxy groups -OCH3 is 1. The first kappa shape index (κ1) is 22.1. The first-order valence-corrected chi connectivity index (χ1v) is 9.95. The van der Waals surface area contributed by atoms with E-state index in [0.29, 0.717) is 25.2 Å². The molecule has 2 atom stereocenters. The highest BCUT2D eigenvalue weighted by Crippen LogP contribution is 2.32. The van der Waals surface area contributed by atoms with Crippen molar-refractivity contribution in [3.8, 4) is 11.5 Å². The van der Waals surface area contributed by atoms with Crippen molar-refractivity contribution in [2.45, 2.75) is 26.0 Å². The Morgan fingerprint density at radius 1 is 1.13 bits per heavy atom.